The first kappa shape index (κ1) is 25.3. The van der Waals surface area contributed by atoms with Crippen LogP contribution < -0.4 is 10.4 Å². The van der Waals surface area contributed by atoms with Crippen molar-refractivity contribution in [3.63, 3.8) is 0 Å². The van der Waals surface area contributed by atoms with Gasteiger partial charge in [0.2, 0.25) is 5.43 Å². The molecule has 3 aromatic rings. The number of carbonyl (C=O) groups excluding carboxylic acids is 1. The molecule has 1 aliphatic heterocycles. The fourth-order valence-electron chi connectivity index (χ4n) is 5.28. The van der Waals surface area contributed by atoms with E-state index >= 15 is 0 Å². The summed E-state index contributed by atoms with van der Waals surface area (Å²) in [5, 5.41) is 31.2. The highest BCUT2D eigenvalue weighted by atomic mass is 32.1. The van der Waals surface area contributed by atoms with Crippen molar-refractivity contribution >= 4 is 17.2 Å². The number of nitrogens with zero attached hydrogens (tertiary/aromatic N) is 5. The normalized spacial score (nSPS) is 23.6. The molecular formula is C25H27F2N5O4S. The number of aromatic nitrogens is 3. The van der Waals surface area contributed by atoms with Gasteiger partial charge >= 0.3 is 0 Å². The molecule has 2 N–H and O–H groups in total. The van der Waals surface area contributed by atoms with Crippen molar-refractivity contribution < 1.29 is 23.8 Å². The van der Waals surface area contributed by atoms with Gasteiger partial charge in [0.05, 0.1) is 5.56 Å². The fraction of sp³-hybridized carbons (Fsp3) is 0.440. The molecule has 2 aromatic heterocycles. The lowest BCUT2D eigenvalue weighted by Crippen LogP contribution is -2.69. The zero-order valence-corrected chi connectivity index (χ0v) is 21.5. The Labute approximate surface area is 215 Å². The Morgan fingerprint density at radius 1 is 1.11 bits per heavy atom. The maximum atomic E-state index is 14.1. The second-order valence-electron chi connectivity index (χ2n) is 10.2. The van der Waals surface area contributed by atoms with Gasteiger partial charge in [0, 0.05) is 39.4 Å². The monoisotopic (exact) mass is 531 g/mol. The molecule has 1 aliphatic carbocycles. The van der Waals surface area contributed by atoms with Crippen LogP contribution in [0, 0.1) is 17.0 Å². The van der Waals surface area contributed by atoms with Crippen LogP contribution in [-0.2, 0) is 6.42 Å². The van der Waals surface area contributed by atoms with Gasteiger partial charge in [-0.15, -0.1) is 10.2 Å². The first-order valence-electron chi connectivity index (χ1n) is 11.9. The van der Waals surface area contributed by atoms with Crippen LogP contribution in [0.1, 0.15) is 53.7 Å². The lowest BCUT2D eigenvalue weighted by Gasteiger charge is -2.57. The third kappa shape index (κ3) is 3.98. The van der Waals surface area contributed by atoms with Crippen LogP contribution in [0.2, 0.25) is 0 Å². The Bertz CT molecular complexity index is 1450. The van der Waals surface area contributed by atoms with Gasteiger partial charge in [-0.2, -0.15) is 0 Å². The highest BCUT2D eigenvalue weighted by Crippen LogP contribution is 2.46. The van der Waals surface area contributed by atoms with E-state index in [2.05, 4.69) is 10.2 Å². The Morgan fingerprint density at radius 2 is 1.81 bits per heavy atom. The lowest BCUT2D eigenvalue weighted by atomic mass is 9.71. The largest absolute Gasteiger partial charge is 0.502 e. The number of aliphatic hydroxyl groups is 1. The fourth-order valence-corrected chi connectivity index (χ4v) is 6.15. The minimum absolute atomic E-state index is 0.0535. The van der Waals surface area contributed by atoms with Crippen LogP contribution in [-0.4, -0.2) is 62.3 Å². The number of amides is 1. The molecule has 0 radical (unpaired) electrons. The summed E-state index contributed by atoms with van der Waals surface area (Å²) >= 11 is 1.05. The van der Waals surface area contributed by atoms with Crippen molar-refractivity contribution in [2.24, 2.45) is 5.41 Å². The second kappa shape index (κ2) is 8.88. The van der Waals surface area contributed by atoms with Gasteiger partial charge in [0.25, 0.3) is 5.91 Å². The molecule has 1 saturated carbocycles. The molecular weight excluding hydrogens is 504 g/mol. The van der Waals surface area contributed by atoms with Crippen LogP contribution in [0.25, 0.3) is 10.6 Å². The van der Waals surface area contributed by atoms with Gasteiger partial charge in [0.1, 0.15) is 22.3 Å². The van der Waals surface area contributed by atoms with Crippen molar-refractivity contribution in [1.29, 1.82) is 0 Å². The Hall–Kier alpha value is -3.38. The first-order chi connectivity index (χ1) is 17.5. The average Bonchev–Trinajstić information content (AvgIpc) is 3.34. The van der Waals surface area contributed by atoms with Crippen LogP contribution in [0.5, 0.6) is 5.75 Å². The number of fused-ring (bicyclic) bond motifs is 1. The van der Waals surface area contributed by atoms with Gasteiger partial charge in [-0.3, -0.25) is 19.3 Å². The van der Waals surface area contributed by atoms with Crippen molar-refractivity contribution in [3.05, 3.63) is 62.5 Å². The predicted octanol–water partition coefficient (Wildman–Crippen LogP) is 2.86. The highest BCUT2D eigenvalue weighted by molar-refractivity contribution is 7.14. The minimum Gasteiger partial charge on any atom is -0.502 e. The molecule has 0 unspecified atom stereocenters. The number of aliphatic hydroxyl groups excluding tert-OH is 1. The number of carbonyl (C=O) groups is 1. The van der Waals surface area contributed by atoms with Gasteiger partial charge in [-0.1, -0.05) is 24.3 Å². The van der Waals surface area contributed by atoms with E-state index in [1.54, 1.807) is 19.0 Å². The van der Waals surface area contributed by atoms with Gasteiger partial charge in [-0.05, 0) is 42.7 Å². The molecule has 1 spiro atoms. The number of benzene rings is 1. The van der Waals surface area contributed by atoms with Crippen molar-refractivity contribution in [2.45, 2.75) is 44.7 Å². The minimum atomic E-state index is -0.760. The van der Waals surface area contributed by atoms with Crippen molar-refractivity contribution in [3.8, 4) is 16.3 Å². The average molecular weight is 532 g/mol. The van der Waals surface area contributed by atoms with E-state index in [0.29, 0.717) is 30.7 Å². The summed E-state index contributed by atoms with van der Waals surface area (Å²) in [6.07, 6.45) is 4.11. The standard InChI is InChI=1S/C25H27F2N5O4S/c1-24(13-33)6-8-25(9-7-24)30(2)23(36)19-21(35)20(34)16(12-32(19)31(25)3)22-29-28-18(37-22)10-14-4-5-15(26)11-17(14)27/h4-5,11-12,33,35H,6-10,13H2,1-3H3. The molecule has 2 aliphatic rings. The topological polar surface area (TPSA) is 112 Å². The summed E-state index contributed by atoms with van der Waals surface area (Å²) in [5.74, 6) is -2.55. The van der Waals surface area contributed by atoms with Gasteiger partial charge in [0.15, 0.2) is 16.5 Å². The zero-order chi connectivity index (χ0) is 26.7. The number of aromatic hydroxyl groups is 1. The van der Waals surface area contributed by atoms with E-state index in [1.165, 1.54) is 16.9 Å². The van der Waals surface area contributed by atoms with Crippen molar-refractivity contribution in [2.75, 3.05) is 25.7 Å². The molecule has 3 heterocycles. The van der Waals surface area contributed by atoms with E-state index in [0.717, 1.165) is 23.5 Å². The van der Waals surface area contributed by atoms with Gasteiger partial charge in [-0.25, -0.2) is 8.78 Å². The molecule has 37 heavy (non-hydrogen) atoms. The van der Waals surface area contributed by atoms with E-state index < -0.39 is 34.4 Å². The number of halogens is 2. The summed E-state index contributed by atoms with van der Waals surface area (Å²) in [4.78, 5) is 28.1. The molecule has 1 aromatic carbocycles. The maximum absolute atomic E-state index is 14.1. The number of rotatable bonds is 4. The van der Waals surface area contributed by atoms with E-state index in [9.17, 15) is 28.6 Å². The van der Waals surface area contributed by atoms with Crippen LogP contribution in [0.15, 0.2) is 29.2 Å². The third-order valence-electron chi connectivity index (χ3n) is 7.92. The van der Waals surface area contributed by atoms with Crippen LogP contribution in [0.3, 0.4) is 0 Å². The Kier molecular flexibility index (Phi) is 6.06. The molecule has 5 rings (SSSR count). The number of hydrogen-bond donors (Lipinski definition) is 2. The second-order valence-corrected chi connectivity index (χ2v) is 11.2. The SMILES string of the molecule is CN1C(=O)c2c(O)c(=O)c(-c3nnc(Cc4ccc(F)cc4F)s3)cn2N(C)C12CCC(C)(CO)CC2. The molecule has 196 valence electrons. The summed E-state index contributed by atoms with van der Waals surface area (Å²) in [6.45, 7) is 2.07. The summed E-state index contributed by atoms with van der Waals surface area (Å²) in [5.41, 5.74) is -1.55. The van der Waals surface area contributed by atoms with Crippen molar-refractivity contribution in [1.82, 2.24) is 19.8 Å². The Balaban J connectivity index is 1.53. The van der Waals surface area contributed by atoms with E-state index in [-0.39, 0.29) is 40.3 Å². The molecule has 0 saturated heterocycles. The van der Waals surface area contributed by atoms with E-state index in [4.69, 9.17) is 0 Å². The maximum Gasteiger partial charge on any atom is 0.278 e. The molecule has 1 amide bonds. The quantitative estimate of drug-likeness (QED) is 0.533. The highest BCUT2D eigenvalue weighted by Gasteiger charge is 2.51. The summed E-state index contributed by atoms with van der Waals surface area (Å²) in [7, 11) is 3.46. The molecule has 12 heteroatoms. The molecule has 9 nitrogen and oxygen atoms in total. The first-order valence-corrected chi connectivity index (χ1v) is 12.7. The van der Waals surface area contributed by atoms with E-state index in [1.807, 2.05) is 11.9 Å². The Morgan fingerprint density at radius 3 is 2.46 bits per heavy atom. The molecule has 0 atom stereocenters. The van der Waals surface area contributed by atoms with Crippen LogP contribution in [0.4, 0.5) is 8.78 Å². The van der Waals surface area contributed by atoms with Crippen LogP contribution >= 0.6 is 11.3 Å². The smallest absolute Gasteiger partial charge is 0.278 e. The summed E-state index contributed by atoms with van der Waals surface area (Å²) in [6, 6.07) is 3.27. The zero-order valence-electron chi connectivity index (χ0n) is 20.7. The number of hydrogen-bond acceptors (Lipinski definition) is 8. The predicted molar refractivity (Wildman–Crippen MR) is 133 cm³/mol. The number of pyridine rings is 1. The molecule has 0 bridgehead atoms. The molecule has 1 fully saturated rings. The van der Waals surface area contributed by atoms with Gasteiger partial charge < -0.3 is 15.1 Å². The third-order valence-corrected chi connectivity index (χ3v) is 8.87. The summed E-state index contributed by atoms with van der Waals surface area (Å²) < 4.78 is 28.8. The lowest BCUT2D eigenvalue weighted by molar-refractivity contribution is -0.0105.